The third kappa shape index (κ3) is 4.37. The average Bonchev–Trinajstić information content (AvgIpc) is 2.36. The van der Waals surface area contributed by atoms with Gasteiger partial charge in [-0.05, 0) is 36.5 Å². The van der Waals surface area contributed by atoms with Crippen molar-refractivity contribution in [3.63, 3.8) is 0 Å². The maximum Gasteiger partial charge on any atom is 0.573 e. The zero-order chi connectivity index (χ0) is 15.7. The Morgan fingerprint density at radius 2 is 1.86 bits per heavy atom. The Morgan fingerprint density at radius 1 is 1.24 bits per heavy atom. The van der Waals surface area contributed by atoms with Crippen LogP contribution in [0.25, 0.3) is 0 Å². The van der Waals surface area contributed by atoms with Crippen LogP contribution in [0.1, 0.15) is 37.0 Å². The summed E-state index contributed by atoms with van der Waals surface area (Å²) in [4.78, 5) is 14.0. The van der Waals surface area contributed by atoms with Crippen molar-refractivity contribution in [3.05, 3.63) is 29.8 Å². The summed E-state index contributed by atoms with van der Waals surface area (Å²) in [6.45, 7) is 5.53. The summed E-state index contributed by atoms with van der Waals surface area (Å²) in [6.07, 6.45) is -2.98. The van der Waals surface area contributed by atoms with Crippen molar-refractivity contribution < 1.29 is 22.7 Å². The Balaban J connectivity index is 2.08. The standard InChI is InChI=1S/C15H18F3NO2/c1-14(2)6-8-19(9-7-14)13(20)11-4-3-5-12(10-11)21-15(16,17)18/h3-5,10H,6-9H2,1-2H3. The lowest BCUT2D eigenvalue weighted by atomic mass is 9.82. The van der Waals surface area contributed by atoms with E-state index in [0.29, 0.717) is 13.1 Å². The smallest absolute Gasteiger partial charge is 0.406 e. The van der Waals surface area contributed by atoms with Gasteiger partial charge in [-0.1, -0.05) is 19.9 Å². The molecule has 0 N–H and O–H groups in total. The highest BCUT2D eigenvalue weighted by Gasteiger charge is 2.32. The van der Waals surface area contributed by atoms with Gasteiger partial charge < -0.3 is 9.64 Å². The van der Waals surface area contributed by atoms with Gasteiger partial charge in [0.15, 0.2) is 0 Å². The van der Waals surface area contributed by atoms with Crippen molar-refractivity contribution >= 4 is 5.91 Å². The van der Waals surface area contributed by atoms with Gasteiger partial charge in [0.05, 0.1) is 0 Å². The van der Waals surface area contributed by atoms with E-state index in [9.17, 15) is 18.0 Å². The number of hydrogen-bond acceptors (Lipinski definition) is 2. The Kier molecular flexibility index (Phi) is 4.16. The van der Waals surface area contributed by atoms with Gasteiger partial charge in [-0.25, -0.2) is 0 Å². The third-order valence-corrected chi connectivity index (χ3v) is 3.72. The number of ether oxygens (including phenoxy) is 1. The number of alkyl halides is 3. The van der Waals surface area contributed by atoms with Crippen molar-refractivity contribution in [2.75, 3.05) is 13.1 Å². The van der Waals surface area contributed by atoms with Crippen molar-refractivity contribution in [2.45, 2.75) is 33.1 Å². The van der Waals surface area contributed by atoms with Gasteiger partial charge in [-0.15, -0.1) is 13.2 Å². The van der Waals surface area contributed by atoms with Gasteiger partial charge in [0, 0.05) is 18.7 Å². The van der Waals surface area contributed by atoms with Crippen LogP contribution in [-0.4, -0.2) is 30.3 Å². The van der Waals surface area contributed by atoms with Crippen molar-refractivity contribution in [1.29, 1.82) is 0 Å². The molecule has 0 radical (unpaired) electrons. The van der Waals surface area contributed by atoms with E-state index in [1.807, 2.05) is 0 Å². The van der Waals surface area contributed by atoms with Crippen molar-refractivity contribution in [1.82, 2.24) is 4.90 Å². The van der Waals surface area contributed by atoms with Crippen LogP contribution in [0.2, 0.25) is 0 Å². The number of carbonyl (C=O) groups is 1. The summed E-state index contributed by atoms with van der Waals surface area (Å²) in [7, 11) is 0. The molecular weight excluding hydrogens is 283 g/mol. The number of halogens is 3. The first-order valence-electron chi connectivity index (χ1n) is 6.81. The van der Waals surface area contributed by atoms with Crippen LogP contribution in [0.4, 0.5) is 13.2 Å². The van der Waals surface area contributed by atoms with E-state index in [0.717, 1.165) is 18.9 Å². The molecule has 0 unspecified atom stereocenters. The molecule has 6 heteroatoms. The Labute approximate surface area is 121 Å². The predicted octanol–water partition coefficient (Wildman–Crippen LogP) is 3.85. The number of carbonyl (C=O) groups excluding carboxylic acids is 1. The second kappa shape index (κ2) is 5.58. The molecule has 0 aliphatic carbocycles. The highest BCUT2D eigenvalue weighted by molar-refractivity contribution is 5.94. The van der Waals surface area contributed by atoms with Crippen LogP contribution in [0.5, 0.6) is 5.75 Å². The molecule has 1 saturated heterocycles. The second-order valence-electron chi connectivity index (χ2n) is 6.03. The fraction of sp³-hybridized carbons (Fsp3) is 0.533. The molecule has 3 nitrogen and oxygen atoms in total. The highest BCUT2D eigenvalue weighted by atomic mass is 19.4. The number of piperidine rings is 1. The van der Waals surface area contributed by atoms with Crippen LogP contribution in [0.3, 0.4) is 0 Å². The number of nitrogens with zero attached hydrogens (tertiary/aromatic N) is 1. The molecule has 1 heterocycles. The maximum atomic E-state index is 12.3. The number of benzene rings is 1. The highest BCUT2D eigenvalue weighted by Crippen LogP contribution is 2.31. The summed E-state index contributed by atoms with van der Waals surface area (Å²) in [5, 5.41) is 0. The Morgan fingerprint density at radius 3 is 2.43 bits per heavy atom. The van der Waals surface area contributed by atoms with Crippen molar-refractivity contribution in [2.24, 2.45) is 5.41 Å². The molecule has 1 aromatic rings. The van der Waals surface area contributed by atoms with E-state index < -0.39 is 6.36 Å². The van der Waals surface area contributed by atoms with Gasteiger partial charge in [-0.2, -0.15) is 0 Å². The van der Waals surface area contributed by atoms with Crippen LogP contribution in [0.15, 0.2) is 24.3 Å². The number of rotatable bonds is 2. The summed E-state index contributed by atoms with van der Waals surface area (Å²) in [5.41, 5.74) is 0.425. The first-order valence-corrected chi connectivity index (χ1v) is 6.81. The van der Waals surface area contributed by atoms with Crippen LogP contribution in [0, 0.1) is 5.41 Å². The lowest BCUT2D eigenvalue weighted by Gasteiger charge is -2.37. The first-order chi connectivity index (χ1) is 9.66. The largest absolute Gasteiger partial charge is 0.573 e. The molecule has 0 atom stereocenters. The van der Waals surface area contributed by atoms with E-state index in [4.69, 9.17) is 0 Å². The van der Waals surface area contributed by atoms with Crippen LogP contribution >= 0.6 is 0 Å². The predicted molar refractivity (Wildman–Crippen MR) is 72.0 cm³/mol. The maximum absolute atomic E-state index is 12.3. The monoisotopic (exact) mass is 301 g/mol. The minimum atomic E-state index is -4.75. The lowest BCUT2D eigenvalue weighted by molar-refractivity contribution is -0.274. The Hall–Kier alpha value is -1.72. The normalized spacial score (nSPS) is 18.4. The molecule has 1 aromatic carbocycles. The zero-order valence-corrected chi connectivity index (χ0v) is 12.0. The van der Waals surface area contributed by atoms with E-state index in [2.05, 4.69) is 18.6 Å². The van der Waals surface area contributed by atoms with Crippen LogP contribution in [-0.2, 0) is 0 Å². The molecular formula is C15H18F3NO2. The molecule has 0 spiro atoms. The molecule has 0 saturated carbocycles. The molecule has 1 amide bonds. The average molecular weight is 301 g/mol. The topological polar surface area (TPSA) is 29.5 Å². The first kappa shape index (κ1) is 15.7. The zero-order valence-electron chi connectivity index (χ0n) is 12.0. The van der Waals surface area contributed by atoms with Crippen molar-refractivity contribution in [3.8, 4) is 5.75 Å². The summed E-state index contributed by atoms with van der Waals surface area (Å²) >= 11 is 0. The second-order valence-corrected chi connectivity index (χ2v) is 6.03. The summed E-state index contributed by atoms with van der Waals surface area (Å²) < 4.78 is 40.4. The van der Waals surface area contributed by atoms with E-state index in [-0.39, 0.29) is 22.6 Å². The summed E-state index contributed by atoms with van der Waals surface area (Å²) in [6, 6.07) is 5.21. The summed E-state index contributed by atoms with van der Waals surface area (Å²) in [5.74, 6) is -0.621. The molecule has 0 bridgehead atoms. The molecule has 0 aromatic heterocycles. The van der Waals surface area contributed by atoms with Gasteiger partial charge in [-0.3, -0.25) is 4.79 Å². The number of amides is 1. The van der Waals surface area contributed by atoms with Gasteiger partial charge >= 0.3 is 6.36 Å². The fourth-order valence-electron chi connectivity index (χ4n) is 2.32. The third-order valence-electron chi connectivity index (χ3n) is 3.72. The number of likely N-dealkylation sites (tertiary alicyclic amines) is 1. The molecule has 1 fully saturated rings. The number of hydrogen-bond donors (Lipinski definition) is 0. The molecule has 1 aliphatic rings. The van der Waals surface area contributed by atoms with Gasteiger partial charge in [0.2, 0.25) is 0 Å². The lowest BCUT2D eigenvalue weighted by Crippen LogP contribution is -2.41. The molecule has 1 aliphatic heterocycles. The molecule has 116 valence electrons. The van der Waals surface area contributed by atoms with Crippen LogP contribution < -0.4 is 4.74 Å². The Bertz CT molecular complexity index is 516. The molecule has 21 heavy (non-hydrogen) atoms. The quantitative estimate of drug-likeness (QED) is 0.830. The SMILES string of the molecule is CC1(C)CCN(C(=O)c2cccc(OC(F)(F)F)c2)CC1. The molecule has 2 rings (SSSR count). The van der Waals surface area contributed by atoms with Gasteiger partial charge in [0.25, 0.3) is 5.91 Å². The minimum Gasteiger partial charge on any atom is -0.406 e. The minimum absolute atomic E-state index is 0.206. The van der Waals surface area contributed by atoms with Gasteiger partial charge in [0.1, 0.15) is 5.75 Å². The van der Waals surface area contributed by atoms with E-state index >= 15 is 0 Å². The van der Waals surface area contributed by atoms with E-state index in [1.165, 1.54) is 18.2 Å². The van der Waals surface area contributed by atoms with E-state index in [1.54, 1.807) is 4.90 Å². The fourth-order valence-corrected chi connectivity index (χ4v) is 2.32.